The Hall–Kier alpha value is -1.77. The maximum Gasteiger partial charge on any atom is 0.253 e. The van der Waals surface area contributed by atoms with Crippen molar-refractivity contribution in [3.63, 3.8) is 0 Å². The van der Waals surface area contributed by atoms with Gasteiger partial charge in [-0.2, -0.15) is 0 Å². The van der Waals surface area contributed by atoms with Gasteiger partial charge in [-0.1, -0.05) is 0 Å². The summed E-state index contributed by atoms with van der Waals surface area (Å²) in [6, 6.07) is 6.08. The molecule has 2 aromatic rings. The quantitative estimate of drug-likeness (QED) is 0.770. The summed E-state index contributed by atoms with van der Waals surface area (Å²) < 4.78 is 2.19. The first-order valence-electron chi connectivity index (χ1n) is 6.94. The molecule has 0 aliphatic carbocycles. The topological polar surface area (TPSA) is 25.2 Å². The molecule has 0 unspecified atom stereocenters. The second kappa shape index (κ2) is 4.41. The minimum Gasteiger partial charge on any atom is -0.348 e. The van der Waals surface area contributed by atoms with Crippen LogP contribution in [-0.2, 0) is 7.05 Å². The van der Waals surface area contributed by atoms with Crippen molar-refractivity contribution in [3.8, 4) is 0 Å². The maximum absolute atomic E-state index is 12.4. The van der Waals surface area contributed by atoms with E-state index in [-0.39, 0.29) is 5.91 Å². The number of amides is 1. The van der Waals surface area contributed by atoms with Crippen LogP contribution in [0.15, 0.2) is 18.2 Å². The van der Waals surface area contributed by atoms with Gasteiger partial charge >= 0.3 is 0 Å². The van der Waals surface area contributed by atoms with Gasteiger partial charge in [-0.15, -0.1) is 0 Å². The number of rotatable bonds is 1. The molecule has 3 heteroatoms. The van der Waals surface area contributed by atoms with Gasteiger partial charge in [0, 0.05) is 42.3 Å². The Morgan fingerprint density at radius 1 is 1.16 bits per heavy atom. The Kier molecular flexibility index (Phi) is 2.85. The number of likely N-dealkylation sites (tertiary alicyclic amines) is 1. The smallest absolute Gasteiger partial charge is 0.253 e. The number of aromatic nitrogens is 1. The Bertz CT molecular complexity index is 648. The normalized spacial score (nSPS) is 15.4. The number of hydrogen-bond acceptors (Lipinski definition) is 1. The predicted octanol–water partition coefficient (Wildman–Crippen LogP) is 3.03. The second-order valence-electron chi connectivity index (χ2n) is 5.50. The molecule has 1 aliphatic rings. The molecule has 0 N–H and O–H groups in total. The number of carbonyl (C=O) groups is 1. The Morgan fingerprint density at radius 2 is 1.84 bits per heavy atom. The molecule has 0 radical (unpaired) electrons. The van der Waals surface area contributed by atoms with E-state index in [2.05, 4.69) is 37.6 Å². The zero-order chi connectivity index (χ0) is 13.6. The first kappa shape index (κ1) is 12.3. The fourth-order valence-electron chi connectivity index (χ4n) is 2.99. The zero-order valence-corrected chi connectivity index (χ0v) is 11.9. The molecule has 1 fully saturated rings. The fourth-order valence-corrected chi connectivity index (χ4v) is 2.99. The molecule has 0 atom stereocenters. The van der Waals surface area contributed by atoms with Crippen LogP contribution in [0.4, 0.5) is 0 Å². The third kappa shape index (κ3) is 1.84. The van der Waals surface area contributed by atoms with Crippen molar-refractivity contribution in [1.82, 2.24) is 9.47 Å². The summed E-state index contributed by atoms with van der Waals surface area (Å²) in [6.07, 6.45) is 2.27. The van der Waals surface area contributed by atoms with Gasteiger partial charge in [-0.3, -0.25) is 4.79 Å². The van der Waals surface area contributed by atoms with Gasteiger partial charge in [-0.05, 0) is 50.5 Å². The number of nitrogens with zero attached hydrogens (tertiary/aromatic N) is 2. The van der Waals surface area contributed by atoms with E-state index in [1.165, 1.54) is 22.2 Å². The molecular formula is C16H20N2O. The lowest BCUT2D eigenvalue weighted by atomic mass is 10.1. The van der Waals surface area contributed by atoms with Gasteiger partial charge in [0.1, 0.15) is 0 Å². The summed E-state index contributed by atoms with van der Waals surface area (Å²) in [6.45, 7) is 6.06. The highest BCUT2D eigenvalue weighted by atomic mass is 16.2. The summed E-state index contributed by atoms with van der Waals surface area (Å²) in [5.74, 6) is 0.181. The fraction of sp³-hybridized carbons (Fsp3) is 0.438. The van der Waals surface area contributed by atoms with E-state index >= 15 is 0 Å². The number of aryl methyl sites for hydroxylation is 2. The van der Waals surface area contributed by atoms with Gasteiger partial charge in [0.15, 0.2) is 0 Å². The summed E-state index contributed by atoms with van der Waals surface area (Å²) in [5.41, 5.74) is 4.56. The highest BCUT2D eigenvalue weighted by Gasteiger charge is 2.20. The number of benzene rings is 1. The number of fused-ring (bicyclic) bond motifs is 1. The van der Waals surface area contributed by atoms with Crippen LogP contribution in [0.5, 0.6) is 0 Å². The summed E-state index contributed by atoms with van der Waals surface area (Å²) in [4.78, 5) is 14.4. The van der Waals surface area contributed by atoms with E-state index in [0.29, 0.717) is 0 Å². The second-order valence-corrected chi connectivity index (χ2v) is 5.50. The molecule has 3 nitrogen and oxygen atoms in total. The maximum atomic E-state index is 12.4. The largest absolute Gasteiger partial charge is 0.348 e. The average molecular weight is 256 g/mol. The molecule has 2 heterocycles. The minimum absolute atomic E-state index is 0.181. The minimum atomic E-state index is 0.181. The standard InChI is InChI=1S/C16H20N2O/c1-11-12(2)17(3)15-7-6-13(10-14(11)15)16(19)18-8-4-5-9-18/h6-7,10H,4-5,8-9H2,1-3H3. The van der Waals surface area contributed by atoms with E-state index in [1.807, 2.05) is 11.0 Å². The van der Waals surface area contributed by atoms with Crippen molar-refractivity contribution in [2.45, 2.75) is 26.7 Å². The lowest BCUT2D eigenvalue weighted by Crippen LogP contribution is -2.27. The predicted molar refractivity (Wildman–Crippen MR) is 77.5 cm³/mol. The Balaban J connectivity index is 2.06. The third-order valence-corrected chi connectivity index (χ3v) is 4.45. The molecule has 0 spiro atoms. The molecule has 1 aliphatic heterocycles. The first-order chi connectivity index (χ1) is 9.09. The number of hydrogen-bond donors (Lipinski definition) is 0. The van der Waals surface area contributed by atoms with E-state index in [0.717, 1.165) is 31.5 Å². The zero-order valence-electron chi connectivity index (χ0n) is 11.9. The average Bonchev–Trinajstić information content (AvgIpc) is 3.03. The lowest BCUT2D eigenvalue weighted by Gasteiger charge is -2.15. The molecule has 1 aromatic heterocycles. The van der Waals surface area contributed by atoms with Crippen LogP contribution in [0.1, 0.15) is 34.5 Å². The SMILES string of the molecule is Cc1c(C)n(C)c2ccc(C(=O)N3CCCC3)cc12. The third-order valence-electron chi connectivity index (χ3n) is 4.45. The van der Waals surface area contributed by atoms with Crippen LogP contribution in [0, 0.1) is 13.8 Å². The van der Waals surface area contributed by atoms with Crippen LogP contribution in [0.25, 0.3) is 10.9 Å². The Morgan fingerprint density at radius 3 is 2.53 bits per heavy atom. The van der Waals surface area contributed by atoms with E-state index < -0.39 is 0 Å². The van der Waals surface area contributed by atoms with Crippen molar-refractivity contribution >= 4 is 16.8 Å². The monoisotopic (exact) mass is 256 g/mol. The van der Waals surface area contributed by atoms with Gasteiger partial charge < -0.3 is 9.47 Å². The van der Waals surface area contributed by atoms with Crippen LogP contribution >= 0.6 is 0 Å². The van der Waals surface area contributed by atoms with Crippen LogP contribution in [0.2, 0.25) is 0 Å². The molecule has 1 amide bonds. The highest BCUT2D eigenvalue weighted by molar-refractivity contribution is 5.99. The molecule has 1 aromatic carbocycles. The van der Waals surface area contributed by atoms with Gasteiger partial charge in [-0.25, -0.2) is 0 Å². The molecule has 0 saturated carbocycles. The van der Waals surface area contributed by atoms with Gasteiger partial charge in [0.05, 0.1) is 0 Å². The summed E-state index contributed by atoms with van der Waals surface area (Å²) >= 11 is 0. The highest BCUT2D eigenvalue weighted by Crippen LogP contribution is 2.26. The van der Waals surface area contributed by atoms with Crippen LogP contribution in [0.3, 0.4) is 0 Å². The lowest BCUT2D eigenvalue weighted by molar-refractivity contribution is 0.0793. The van der Waals surface area contributed by atoms with Crippen molar-refractivity contribution in [2.24, 2.45) is 7.05 Å². The van der Waals surface area contributed by atoms with E-state index in [9.17, 15) is 4.79 Å². The molecular weight excluding hydrogens is 236 g/mol. The van der Waals surface area contributed by atoms with Crippen LogP contribution < -0.4 is 0 Å². The molecule has 0 bridgehead atoms. The van der Waals surface area contributed by atoms with Crippen molar-refractivity contribution in [3.05, 3.63) is 35.0 Å². The molecule has 3 rings (SSSR count). The molecule has 1 saturated heterocycles. The van der Waals surface area contributed by atoms with E-state index in [1.54, 1.807) is 0 Å². The molecule has 100 valence electrons. The van der Waals surface area contributed by atoms with E-state index in [4.69, 9.17) is 0 Å². The van der Waals surface area contributed by atoms with Crippen molar-refractivity contribution in [1.29, 1.82) is 0 Å². The molecule has 19 heavy (non-hydrogen) atoms. The summed E-state index contributed by atoms with van der Waals surface area (Å²) in [7, 11) is 2.08. The Labute approximate surface area is 113 Å². The summed E-state index contributed by atoms with van der Waals surface area (Å²) in [5, 5.41) is 1.20. The van der Waals surface area contributed by atoms with Crippen molar-refractivity contribution in [2.75, 3.05) is 13.1 Å². The van der Waals surface area contributed by atoms with Crippen molar-refractivity contribution < 1.29 is 4.79 Å². The van der Waals surface area contributed by atoms with Gasteiger partial charge in [0.2, 0.25) is 0 Å². The van der Waals surface area contributed by atoms with Gasteiger partial charge in [0.25, 0.3) is 5.91 Å². The number of carbonyl (C=O) groups excluding carboxylic acids is 1. The van der Waals surface area contributed by atoms with Crippen LogP contribution in [-0.4, -0.2) is 28.5 Å². The first-order valence-corrected chi connectivity index (χ1v) is 6.94.